The molecule has 4 heteroatoms. The van der Waals surface area contributed by atoms with Crippen LogP contribution in [-0.2, 0) is 0 Å². The maximum absolute atomic E-state index is 9.53. The van der Waals surface area contributed by atoms with Gasteiger partial charge >= 0.3 is 0 Å². The summed E-state index contributed by atoms with van der Waals surface area (Å²) in [5, 5.41) is 19.1. The van der Waals surface area contributed by atoms with Gasteiger partial charge < -0.3 is 0 Å². The van der Waals surface area contributed by atoms with E-state index in [0.717, 1.165) is 33.4 Å². The van der Waals surface area contributed by atoms with Crippen LogP contribution in [0.5, 0.6) is 0 Å². The zero-order chi connectivity index (χ0) is 26.4. The fraction of sp³-hybridized carbons (Fsp3) is 0. The SMILES string of the molecule is N#C/C(N=Cc1ccc(C#Cc2ccccc2)cc1)=C(/C#N)N=Cc1ccc(C#Cc2ccccc2)cc1. The lowest BCUT2D eigenvalue weighted by Crippen LogP contribution is -1.88. The summed E-state index contributed by atoms with van der Waals surface area (Å²) in [7, 11) is 0. The van der Waals surface area contributed by atoms with Gasteiger partial charge in [0.15, 0.2) is 11.4 Å². The van der Waals surface area contributed by atoms with Crippen LogP contribution >= 0.6 is 0 Å². The molecule has 0 N–H and O–H groups in total. The van der Waals surface area contributed by atoms with Crippen LogP contribution in [0.4, 0.5) is 0 Å². The Morgan fingerprint density at radius 1 is 0.447 bits per heavy atom. The first-order valence-electron chi connectivity index (χ1n) is 11.7. The lowest BCUT2D eigenvalue weighted by Gasteiger charge is -1.96. The molecule has 0 unspecified atom stereocenters. The van der Waals surface area contributed by atoms with Crippen LogP contribution in [0, 0.1) is 46.3 Å². The summed E-state index contributed by atoms with van der Waals surface area (Å²) < 4.78 is 0. The van der Waals surface area contributed by atoms with Crippen molar-refractivity contribution in [2.75, 3.05) is 0 Å². The van der Waals surface area contributed by atoms with Gasteiger partial charge in [0, 0.05) is 34.7 Å². The molecule has 0 aliphatic rings. The summed E-state index contributed by atoms with van der Waals surface area (Å²) in [5.41, 5.74) is 5.03. The first-order valence-corrected chi connectivity index (χ1v) is 11.7. The van der Waals surface area contributed by atoms with Gasteiger partial charge in [-0.2, -0.15) is 10.5 Å². The number of nitriles is 2. The van der Waals surface area contributed by atoms with Crippen LogP contribution in [0.3, 0.4) is 0 Å². The van der Waals surface area contributed by atoms with Crippen LogP contribution in [0.25, 0.3) is 0 Å². The van der Waals surface area contributed by atoms with Crippen LogP contribution in [0.2, 0.25) is 0 Å². The zero-order valence-corrected chi connectivity index (χ0v) is 20.3. The molecule has 4 aromatic rings. The molecule has 0 spiro atoms. The highest BCUT2D eigenvalue weighted by Gasteiger charge is 2.03. The average molecular weight is 485 g/mol. The summed E-state index contributed by atoms with van der Waals surface area (Å²) in [4.78, 5) is 8.38. The van der Waals surface area contributed by atoms with E-state index in [-0.39, 0.29) is 11.4 Å². The van der Waals surface area contributed by atoms with Gasteiger partial charge in [-0.15, -0.1) is 0 Å². The molecule has 0 atom stereocenters. The van der Waals surface area contributed by atoms with Crippen molar-refractivity contribution < 1.29 is 0 Å². The summed E-state index contributed by atoms with van der Waals surface area (Å²) in [6.45, 7) is 0. The Morgan fingerprint density at radius 3 is 1.08 bits per heavy atom. The smallest absolute Gasteiger partial charge is 0.176 e. The normalized spacial score (nSPS) is 10.9. The van der Waals surface area contributed by atoms with E-state index in [1.165, 1.54) is 12.4 Å². The minimum atomic E-state index is -0.0676. The molecular formula is C34H20N4. The molecule has 0 amide bonds. The Morgan fingerprint density at radius 2 is 0.763 bits per heavy atom. The van der Waals surface area contributed by atoms with Gasteiger partial charge in [-0.1, -0.05) is 84.3 Å². The summed E-state index contributed by atoms with van der Waals surface area (Å²) >= 11 is 0. The Bertz CT molecular complexity index is 1560. The van der Waals surface area contributed by atoms with Crippen molar-refractivity contribution in [2.45, 2.75) is 0 Å². The van der Waals surface area contributed by atoms with Crippen molar-refractivity contribution >= 4 is 12.4 Å². The van der Waals surface area contributed by atoms with E-state index >= 15 is 0 Å². The topological polar surface area (TPSA) is 72.3 Å². The summed E-state index contributed by atoms with van der Waals surface area (Å²) in [6, 6.07) is 38.3. The first kappa shape index (κ1) is 25.2. The monoisotopic (exact) mass is 484 g/mol. The van der Waals surface area contributed by atoms with Crippen molar-refractivity contribution in [1.82, 2.24) is 0 Å². The second-order valence-electron chi connectivity index (χ2n) is 7.91. The summed E-state index contributed by atoms with van der Waals surface area (Å²) in [5.74, 6) is 12.5. The van der Waals surface area contributed by atoms with Crippen molar-refractivity contribution in [3.05, 3.63) is 154 Å². The maximum Gasteiger partial charge on any atom is 0.176 e. The van der Waals surface area contributed by atoms with E-state index in [0.29, 0.717) is 0 Å². The van der Waals surface area contributed by atoms with E-state index in [9.17, 15) is 10.5 Å². The third kappa shape index (κ3) is 7.53. The predicted octanol–water partition coefficient (Wildman–Crippen LogP) is 6.28. The molecule has 4 nitrogen and oxygen atoms in total. The highest BCUT2D eigenvalue weighted by molar-refractivity contribution is 5.82. The van der Waals surface area contributed by atoms with Gasteiger partial charge in [0.25, 0.3) is 0 Å². The Kier molecular flexibility index (Phi) is 8.76. The Hall–Kier alpha value is -5.94. The van der Waals surface area contributed by atoms with Crippen LogP contribution < -0.4 is 0 Å². The predicted molar refractivity (Wildman–Crippen MR) is 151 cm³/mol. The van der Waals surface area contributed by atoms with Gasteiger partial charge in [-0.3, -0.25) is 0 Å². The fourth-order valence-electron chi connectivity index (χ4n) is 3.20. The molecule has 0 saturated heterocycles. The number of rotatable bonds is 4. The maximum atomic E-state index is 9.53. The molecule has 0 bridgehead atoms. The molecule has 0 radical (unpaired) electrons. The molecule has 0 aliphatic carbocycles. The first-order chi connectivity index (χ1) is 18.7. The fourth-order valence-corrected chi connectivity index (χ4v) is 3.20. The third-order valence-electron chi connectivity index (χ3n) is 5.19. The standard InChI is InChI=1S/C34H20N4/c35-23-33(37-25-31-19-15-29(16-20-31)13-11-27-7-3-1-4-8-27)34(24-36)38-26-32-21-17-30(18-22-32)14-12-28-9-5-2-6-10-28/h1-10,15-22,25-26H/b34-33+,37-25?,38-26?. The molecule has 0 fully saturated rings. The van der Waals surface area contributed by atoms with Crippen molar-refractivity contribution in [2.24, 2.45) is 9.98 Å². The lowest BCUT2D eigenvalue weighted by atomic mass is 10.1. The number of benzene rings is 4. The minimum absolute atomic E-state index is 0.0676. The largest absolute Gasteiger partial charge is 0.242 e. The average Bonchev–Trinajstić information content (AvgIpc) is 2.99. The third-order valence-corrected chi connectivity index (χ3v) is 5.19. The lowest BCUT2D eigenvalue weighted by molar-refractivity contribution is 1.27. The molecule has 0 aliphatic heterocycles. The Balaban J connectivity index is 1.43. The molecule has 4 aromatic carbocycles. The van der Waals surface area contributed by atoms with Crippen molar-refractivity contribution in [3.63, 3.8) is 0 Å². The van der Waals surface area contributed by atoms with Crippen LogP contribution in [0.1, 0.15) is 33.4 Å². The van der Waals surface area contributed by atoms with Crippen molar-refractivity contribution in [1.29, 1.82) is 10.5 Å². The van der Waals surface area contributed by atoms with Gasteiger partial charge in [0.2, 0.25) is 0 Å². The van der Waals surface area contributed by atoms with Gasteiger partial charge in [0.05, 0.1) is 0 Å². The summed E-state index contributed by atoms with van der Waals surface area (Å²) in [6.07, 6.45) is 3.06. The van der Waals surface area contributed by atoms with E-state index in [4.69, 9.17) is 0 Å². The second-order valence-corrected chi connectivity index (χ2v) is 7.91. The van der Waals surface area contributed by atoms with Gasteiger partial charge in [0.1, 0.15) is 12.1 Å². The molecule has 176 valence electrons. The number of aliphatic imine (C=N–C) groups is 2. The number of hydrogen-bond donors (Lipinski definition) is 0. The van der Waals surface area contributed by atoms with Gasteiger partial charge in [-0.25, -0.2) is 9.98 Å². The van der Waals surface area contributed by atoms with Crippen molar-refractivity contribution in [3.8, 4) is 35.8 Å². The molecule has 0 aromatic heterocycles. The van der Waals surface area contributed by atoms with E-state index < -0.39 is 0 Å². The molecule has 4 rings (SSSR count). The van der Waals surface area contributed by atoms with Crippen LogP contribution in [-0.4, -0.2) is 12.4 Å². The quantitative estimate of drug-likeness (QED) is 0.194. The Labute approximate surface area is 222 Å². The van der Waals surface area contributed by atoms with Gasteiger partial charge in [-0.05, 0) is 59.7 Å². The van der Waals surface area contributed by atoms with E-state index in [2.05, 4.69) is 33.7 Å². The minimum Gasteiger partial charge on any atom is -0.242 e. The second kappa shape index (κ2) is 13.2. The molecule has 0 heterocycles. The van der Waals surface area contributed by atoms with E-state index in [1.54, 1.807) is 0 Å². The zero-order valence-electron chi connectivity index (χ0n) is 20.3. The molecular weight excluding hydrogens is 464 g/mol. The van der Waals surface area contributed by atoms with Crippen LogP contribution in [0.15, 0.2) is 131 Å². The number of hydrogen-bond acceptors (Lipinski definition) is 4. The highest BCUT2D eigenvalue weighted by atomic mass is 14.8. The number of nitrogens with zero attached hydrogens (tertiary/aromatic N) is 4. The number of allylic oxidation sites excluding steroid dienone is 2. The molecule has 0 saturated carbocycles. The van der Waals surface area contributed by atoms with E-state index in [1.807, 2.05) is 121 Å². The molecule has 38 heavy (non-hydrogen) atoms. The highest BCUT2D eigenvalue weighted by Crippen LogP contribution is 2.10.